The fraction of sp³-hybridized carbons (Fsp3) is 0. The Labute approximate surface area is 311 Å². The Morgan fingerprint density at radius 1 is 0.463 bits per heavy atom. The van der Waals surface area contributed by atoms with Crippen molar-refractivity contribution in [2.45, 2.75) is 0 Å². The fourth-order valence-corrected chi connectivity index (χ4v) is 8.07. The van der Waals surface area contributed by atoms with Crippen molar-refractivity contribution in [1.82, 2.24) is 25.1 Å². The van der Waals surface area contributed by atoms with E-state index in [9.17, 15) is 0 Å². The summed E-state index contributed by atoms with van der Waals surface area (Å²) in [7, 11) is 0. The number of hydrogen-bond donors (Lipinski definition) is 0. The number of thiophene rings is 1. The molecule has 0 saturated heterocycles. The summed E-state index contributed by atoms with van der Waals surface area (Å²) in [6.07, 6.45) is 3.61. The summed E-state index contributed by atoms with van der Waals surface area (Å²) in [5, 5.41) is 12.5. The second kappa shape index (κ2) is 12.2. The first-order valence-electron chi connectivity index (χ1n) is 17.5. The highest BCUT2D eigenvalue weighted by molar-refractivity contribution is 7.25. The Morgan fingerprint density at radius 2 is 1.04 bits per heavy atom. The third kappa shape index (κ3) is 5.17. The highest BCUT2D eigenvalue weighted by Gasteiger charge is 2.17. The Balaban J connectivity index is 0.972. The van der Waals surface area contributed by atoms with Crippen LogP contribution in [0.4, 0.5) is 17.1 Å². The van der Waals surface area contributed by atoms with Crippen LogP contribution < -0.4 is 4.90 Å². The summed E-state index contributed by atoms with van der Waals surface area (Å²) in [6.45, 7) is 0. The molecule has 9 heteroatoms. The Kier molecular flexibility index (Phi) is 6.86. The summed E-state index contributed by atoms with van der Waals surface area (Å²) >= 11 is 1.64. The van der Waals surface area contributed by atoms with Crippen molar-refractivity contribution in [1.29, 1.82) is 0 Å². The first-order chi connectivity index (χ1) is 26.7. The molecular formula is C45H26N6O2S. The van der Waals surface area contributed by atoms with Gasteiger partial charge in [0.2, 0.25) is 11.8 Å². The van der Waals surface area contributed by atoms with E-state index < -0.39 is 0 Å². The van der Waals surface area contributed by atoms with Gasteiger partial charge < -0.3 is 13.7 Å². The molecule has 0 unspecified atom stereocenters. The van der Waals surface area contributed by atoms with E-state index in [1.54, 1.807) is 17.5 Å². The van der Waals surface area contributed by atoms with Gasteiger partial charge in [0.25, 0.3) is 0 Å². The van der Waals surface area contributed by atoms with E-state index in [-0.39, 0.29) is 0 Å². The maximum atomic E-state index is 6.08. The van der Waals surface area contributed by atoms with Crippen LogP contribution in [0, 0.1) is 0 Å². The zero-order chi connectivity index (χ0) is 35.6. The summed E-state index contributed by atoms with van der Waals surface area (Å²) in [4.78, 5) is 17.7. The van der Waals surface area contributed by atoms with E-state index >= 15 is 0 Å². The predicted molar refractivity (Wildman–Crippen MR) is 216 cm³/mol. The molecule has 0 radical (unpaired) electrons. The second-order valence-electron chi connectivity index (χ2n) is 13.1. The molecule has 0 saturated carbocycles. The van der Waals surface area contributed by atoms with Crippen LogP contribution in [0.2, 0.25) is 0 Å². The summed E-state index contributed by atoms with van der Waals surface area (Å²) in [6, 6.07) is 49.6. The molecule has 5 aromatic heterocycles. The Bertz CT molecular complexity index is 3000. The smallest absolute Gasteiger partial charge is 0.227 e. The molecule has 5 heterocycles. The van der Waals surface area contributed by atoms with Crippen molar-refractivity contribution in [3.63, 3.8) is 0 Å². The topological polar surface area (TPSA) is 94.0 Å². The summed E-state index contributed by atoms with van der Waals surface area (Å²) in [5.41, 5.74) is 10.0. The molecule has 54 heavy (non-hydrogen) atoms. The average Bonchev–Trinajstić information content (AvgIpc) is 3.96. The van der Waals surface area contributed by atoms with Gasteiger partial charge in [-0.05, 0) is 114 Å². The van der Waals surface area contributed by atoms with Gasteiger partial charge in [0.05, 0.1) is 22.8 Å². The lowest BCUT2D eigenvalue weighted by atomic mass is 10.0. The fourth-order valence-electron chi connectivity index (χ4n) is 7.06. The highest BCUT2D eigenvalue weighted by atomic mass is 32.1. The van der Waals surface area contributed by atoms with Gasteiger partial charge in [-0.15, -0.1) is 11.3 Å². The number of nitrogens with zero attached hydrogens (tertiary/aromatic N) is 6. The number of rotatable bonds is 6. The lowest BCUT2D eigenvalue weighted by Gasteiger charge is -2.26. The van der Waals surface area contributed by atoms with Gasteiger partial charge in [0.1, 0.15) is 15.9 Å². The SMILES string of the molecule is c1ccc2oc(-c3ccc(N(c4ccc(-c5nc6ccccc6o5)cc4)c4ccc5cc(-c6ccc7c(n6)sc6cnncc67)ccc5c4)cc3)nc2c1. The van der Waals surface area contributed by atoms with Gasteiger partial charge in [0, 0.05) is 44.5 Å². The molecule has 254 valence electrons. The normalized spacial score (nSPS) is 11.7. The van der Waals surface area contributed by atoms with E-state index in [4.69, 9.17) is 23.8 Å². The van der Waals surface area contributed by atoms with Crippen LogP contribution in [0.1, 0.15) is 0 Å². The second-order valence-corrected chi connectivity index (χ2v) is 14.1. The van der Waals surface area contributed by atoms with Crippen LogP contribution >= 0.6 is 11.3 Å². The van der Waals surface area contributed by atoms with Crippen molar-refractivity contribution in [3.8, 4) is 34.2 Å². The maximum absolute atomic E-state index is 6.08. The molecular weight excluding hydrogens is 689 g/mol. The van der Waals surface area contributed by atoms with Crippen LogP contribution in [0.3, 0.4) is 0 Å². The van der Waals surface area contributed by atoms with E-state index in [2.05, 4.69) is 112 Å². The molecule has 0 atom stereocenters. The molecule has 8 nitrogen and oxygen atoms in total. The van der Waals surface area contributed by atoms with Gasteiger partial charge >= 0.3 is 0 Å². The zero-order valence-corrected chi connectivity index (χ0v) is 29.2. The third-order valence-corrected chi connectivity index (χ3v) is 10.8. The molecule has 0 spiro atoms. The van der Waals surface area contributed by atoms with Crippen molar-refractivity contribution in [3.05, 3.63) is 158 Å². The number of aromatic nitrogens is 5. The van der Waals surface area contributed by atoms with E-state index in [1.165, 1.54) is 0 Å². The monoisotopic (exact) mass is 714 g/mol. The van der Waals surface area contributed by atoms with Crippen molar-refractivity contribution < 1.29 is 8.83 Å². The molecule has 0 aliphatic carbocycles. The average molecular weight is 715 g/mol. The highest BCUT2D eigenvalue weighted by Crippen LogP contribution is 2.39. The molecule has 11 aromatic rings. The zero-order valence-electron chi connectivity index (χ0n) is 28.4. The van der Waals surface area contributed by atoms with Gasteiger partial charge in [-0.2, -0.15) is 10.2 Å². The first-order valence-corrected chi connectivity index (χ1v) is 18.3. The summed E-state index contributed by atoms with van der Waals surface area (Å²) in [5.74, 6) is 1.18. The molecule has 0 aliphatic heterocycles. The Morgan fingerprint density at radius 3 is 1.70 bits per heavy atom. The van der Waals surface area contributed by atoms with Gasteiger partial charge in [-0.25, -0.2) is 15.0 Å². The molecule has 11 rings (SSSR count). The molecule has 0 bridgehead atoms. The maximum Gasteiger partial charge on any atom is 0.227 e. The number of fused-ring (bicyclic) bond motifs is 6. The minimum atomic E-state index is 0.591. The number of benzene rings is 6. The predicted octanol–water partition coefficient (Wildman–Crippen LogP) is 12.1. The quantitative estimate of drug-likeness (QED) is 0.168. The Hall–Kier alpha value is -7.23. The van der Waals surface area contributed by atoms with E-state index in [1.807, 2.05) is 54.7 Å². The molecule has 0 amide bonds. The van der Waals surface area contributed by atoms with Crippen LogP contribution in [0.15, 0.2) is 167 Å². The third-order valence-electron chi connectivity index (χ3n) is 9.76. The standard InChI is InChI=1S/C45H26N6O2S/c1-3-7-40-38(5-1)48-43(52-40)27-11-16-32(17-12-27)51(33-18-13-28(14-19-33)44-49-39-6-2-4-8-41(39)53-44)34-20-15-29-23-31(10-9-30(29)24-34)37-22-21-35-36-25-46-47-26-42(36)54-45(35)50-37/h1-26H. The first kappa shape index (κ1) is 30.4. The number of hydrogen-bond acceptors (Lipinski definition) is 9. The van der Waals surface area contributed by atoms with Crippen molar-refractivity contribution >= 4 is 81.7 Å². The van der Waals surface area contributed by atoms with Crippen molar-refractivity contribution in [2.24, 2.45) is 0 Å². The van der Waals surface area contributed by atoms with Crippen LogP contribution in [-0.4, -0.2) is 25.1 Å². The van der Waals surface area contributed by atoms with Crippen LogP contribution in [0.5, 0.6) is 0 Å². The van der Waals surface area contributed by atoms with Gasteiger partial charge in [-0.1, -0.05) is 42.5 Å². The van der Waals surface area contributed by atoms with E-state index in [0.717, 1.165) is 92.7 Å². The summed E-state index contributed by atoms with van der Waals surface area (Å²) < 4.78 is 13.2. The lowest BCUT2D eigenvalue weighted by molar-refractivity contribution is 0.619. The molecule has 6 aromatic carbocycles. The van der Waals surface area contributed by atoms with Gasteiger partial charge in [0.15, 0.2) is 11.2 Å². The number of para-hydroxylation sites is 4. The van der Waals surface area contributed by atoms with Crippen LogP contribution in [-0.2, 0) is 0 Å². The van der Waals surface area contributed by atoms with E-state index in [0.29, 0.717) is 11.8 Å². The van der Waals surface area contributed by atoms with Crippen LogP contribution in [0.25, 0.3) is 87.4 Å². The van der Waals surface area contributed by atoms with Gasteiger partial charge in [-0.3, -0.25) is 0 Å². The number of pyridine rings is 1. The minimum absolute atomic E-state index is 0.591. The largest absolute Gasteiger partial charge is 0.436 e. The molecule has 0 N–H and O–H groups in total. The number of anilines is 3. The number of oxazole rings is 2. The lowest BCUT2D eigenvalue weighted by Crippen LogP contribution is -2.09. The minimum Gasteiger partial charge on any atom is -0.436 e. The van der Waals surface area contributed by atoms with Crippen molar-refractivity contribution in [2.75, 3.05) is 4.90 Å². The molecule has 0 aliphatic rings. The molecule has 0 fully saturated rings.